The van der Waals surface area contributed by atoms with Crippen molar-refractivity contribution in [2.45, 2.75) is 100 Å². The van der Waals surface area contributed by atoms with Crippen LogP contribution in [-0.4, -0.2) is 71.3 Å². The zero-order valence-electron chi connectivity index (χ0n) is 24.3. The molecule has 2 saturated heterocycles. The summed E-state index contributed by atoms with van der Waals surface area (Å²) in [5.74, 6) is 0.693. The Balaban J connectivity index is 1.16. The molecule has 3 aliphatic rings. The topological polar surface area (TPSA) is 58.4 Å². The molecule has 1 aromatic heterocycles. The first-order valence-corrected chi connectivity index (χ1v) is 17.0. The number of hydrogen-bond donors (Lipinski definition) is 0. The van der Waals surface area contributed by atoms with Gasteiger partial charge in [-0.25, -0.2) is 17.8 Å². The molecule has 40 heavy (non-hydrogen) atoms. The standard InChI is InChI=1S/C32H43FN4O2S/c1-5-25-20-27(17-21(2)37(25)26-7-6-8-26)36-15-13-22(14-16-36)24-18-29(33)31-30(19-24)35(3)32(34-31)23-9-11-28(12-10-23)40(4,38)39/h9-12,18-19,21-22,25-27H,5-8,13-17,20H2,1-4H3. The zero-order chi connectivity index (χ0) is 28.2. The lowest BCUT2D eigenvalue weighted by molar-refractivity contribution is -0.0295. The summed E-state index contributed by atoms with van der Waals surface area (Å²) in [6.07, 6.45) is 11.2. The molecule has 6 rings (SSSR count). The third kappa shape index (κ3) is 5.12. The summed E-state index contributed by atoms with van der Waals surface area (Å²) in [5.41, 5.74) is 2.97. The van der Waals surface area contributed by atoms with Crippen LogP contribution in [0, 0.1) is 5.82 Å². The van der Waals surface area contributed by atoms with Gasteiger partial charge in [0.1, 0.15) is 11.3 Å². The van der Waals surface area contributed by atoms with Gasteiger partial charge in [-0.3, -0.25) is 4.90 Å². The van der Waals surface area contributed by atoms with Crippen LogP contribution in [-0.2, 0) is 16.9 Å². The van der Waals surface area contributed by atoms with Crippen LogP contribution < -0.4 is 0 Å². The van der Waals surface area contributed by atoms with Crippen molar-refractivity contribution >= 4 is 20.9 Å². The van der Waals surface area contributed by atoms with E-state index in [0.717, 1.165) is 48.6 Å². The third-order valence-corrected chi connectivity index (χ3v) is 11.2. The average molecular weight is 567 g/mol. The van der Waals surface area contributed by atoms with Crippen molar-refractivity contribution in [3.05, 3.63) is 47.8 Å². The van der Waals surface area contributed by atoms with Gasteiger partial charge in [-0.1, -0.05) is 13.3 Å². The first-order valence-electron chi connectivity index (χ1n) is 15.1. The number of aryl methyl sites for hydroxylation is 1. The zero-order valence-corrected chi connectivity index (χ0v) is 25.1. The molecule has 3 unspecified atom stereocenters. The van der Waals surface area contributed by atoms with E-state index in [9.17, 15) is 8.42 Å². The minimum atomic E-state index is -3.28. The second kappa shape index (κ2) is 10.8. The van der Waals surface area contributed by atoms with E-state index in [0.29, 0.717) is 35.4 Å². The molecule has 3 fully saturated rings. The summed E-state index contributed by atoms with van der Waals surface area (Å²) in [6.45, 7) is 6.95. The van der Waals surface area contributed by atoms with Gasteiger partial charge in [0.2, 0.25) is 0 Å². The molecule has 0 spiro atoms. The van der Waals surface area contributed by atoms with Crippen LogP contribution in [0.2, 0.25) is 0 Å². The third-order valence-electron chi connectivity index (χ3n) is 10.1. The van der Waals surface area contributed by atoms with Crippen LogP contribution in [0.3, 0.4) is 0 Å². The number of nitrogens with zero attached hydrogens (tertiary/aromatic N) is 4. The minimum absolute atomic E-state index is 0.262. The fraction of sp³-hybridized carbons (Fsp3) is 0.594. The SMILES string of the molecule is CCC1CC(N2CCC(c3cc(F)c4nc(-c5ccc(S(C)(=O)=O)cc5)n(C)c4c3)CC2)CC(C)N1C1CCC1. The van der Waals surface area contributed by atoms with Crippen molar-refractivity contribution in [3.8, 4) is 11.4 Å². The van der Waals surface area contributed by atoms with Gasteiger partial charge in [-0.15, -0.1) is 0 Å². The minimum Gasteiger partial charge on any atom is -0.327 e. The Kier molecular flexibility index (Phi) is 7.55. The van der Waals surface area contributed by atoms with E-state index in [1.54, 1.807) is 30.3 Å². The molecule has 216 valence electrons. The van der Waals surface area contributed by atoms with Gasteiger partial charge < -0.3 is 9.47 Å². The first-order chi connectivity index (χ1) is 19.1. The van der Waals surface area contributed by atoms with E-state index in [4.69, 9.17) is 0 Å². The Morgan fingerprint density at radius 3 is 2.30 bits per heavy atom. The van der Waals surface area contributed by atoms with Gasteiger partial charge in [-0.2, -0.15) is 0 Å². The maximum atomic E-state index is 15.4. The van der Waals surface area contributed by atoms with E-state index < -0.39 is 9.84 Å². The highest BCUT2D eigenvalue weighted by molar-refractivity contribution is 7.90. The fourth-order valence-corrected chi connectivity index (χ4v) is 8.27. The number of piperidine rings is 2. The predicted octanol–water partition coefficient (Wildman–Crippen LogP) is 6.15. The normalized spacial score (nSPS) is 25.9. The Labute approximate surface area is 238 Å². The Bertz CT molecular complexity index is 1470. The Morgan fingerprint density at radius 2 is 1.70 bits per heavy atom. The van der Waals surface area contributed by atoms with Gasteiger partial charge in [0.25, 0.3) is 0 Å². The van der Waals surface area contributed by atoms with Gasteiger partial charge in [-0.05, 0) is 113 Å². The van der Waals surface area contributed by atoms with Crippen molar-refractivity contribution < 1.29 is 12.8 Å². The molecule has 2 aliphatic heterocycles. The number of halogens is 1. The lowest BCUT2D eigenvalue weighted by atomic mass is 9.81. The van der Waals surface area contributed by atoms with E-state index in [2.05, 4.69) is 34.7 Å². The molecule has 2 aromatic carbocycles. The highest BCUT2D eigenvalue weighted by Gasteiger charge is 2.40. The van der Waals surface area contributed by atoms with Gasteiger partial charge in [0.05, 0.1) is 10.4 Å². The number of aromatic nitrogens is 2. The number of hydrogen-bond acceptors (Lipinski definition) is 5. The van der Waals surface area contributed by atoms with Gasteiger partial charge >= 0.3 is 0 Å². The maximum absolute atomic E-state index is 15.4. The van der Waals surface area contributed by atoms with Gasteiger partial charge in [0, 0.05) is 43.0 Å². The largest absolute Gasteiger partial charge is 0.327 e. The van der Waals surface area contributed by atoms with E-state index >= 15 is 4.39 Å². The predicted molar refractivity (Wildman–Crippen MR) is 159 cm³/mol. The highest BCUT2D eigenvalue weighted by Crippen LogP contribution is 2.39. The summed E-state index contributed by atoms with van der Waals surface area (Å²) in [5, 5.41) is 0. The molecule has 0 radical (unpaired) electrons. The number of rotatable bonds is 6. The van der Waals surface area contributed by atoms with Crippen LogP contribution in [0.15, 0.2) is 41.3 Å². The first kappa shape index (κ1) is 27.9. The van der Waals surface area contributed by atoms with Crippen molar-refractivity contribution in [1.82, 2.24) is 19.4 Å². The van der Waals surface area contributed by atoms with Crippen molar-refractivity contribution in [2.75, 3.05) is 19.3 Å². The monoisotopic (exact) mass is 566 g/mol. The van der Waals surface area contributed by atoms with Crippen molar-refractivity contribution in [1.29, 1.82) is 0 Å². The van der Waals surface area contributed by atoms with Crippen LogP contribution in [0.25, 0.3) is 22.4 Å². The number of likely N-dealkylation sites (tertiary alicyclic amines) is 2. The summed E-state index contributed by atoms with van der Waals surface area (Å²) in [4.78, 5) is 10.5. The Morgan fingerprint density at radius 1 is 1.00 bits per heavy atom. The second-order valence-corrected chi connectivity index (χ2v) is 14.6. The van der Waals surface area contributed by atoms with Crippen LogP contribution in [0.5, 0.6) is 0 Å². The molecule has 0 amide bonds. The molecule has 0 N–H and O–H groups in total. The van der Waals surface area contributed by atoms with E-state index in [1.807, 2.05) is 11.6 Å². The van der Waals surface area contributed by atoms with E-state index in [1.165, 1.54) is 44.8 Å². The molecule has 6 nitrogen and oxygen atoms in total. The van der Waals surface area contributed by atoms with Crippen molar-refractivity contribution in [2.24, 2.45) is 7.05 Å². The number of benzene rings is 2. The molecule has 0 bridgehead atoms. The molecular formula is C32H43FN4O2S. The van der Waals surface area contributed by atoms with Gasteiger partial charge in [0.15, 0.2) is 15.7 Å². The summed E-state index contributed by atoms with van der Waals surface area (Å²) < 4.78 is 41.0. The smallest absolute Gasteiger partial charge is 0.175 e. The number of imidazole rings is 1. The number of fused-ring (bicyclic) bond motifs is 1. The molecule has 1 aliphatic carbocycles. The van der Waals surface area contributed by atoms with Crippen LogP contribution in [0.4, 0.5) is 4.39 Å². The second-order valence-electron chi connectivity index (χ2n) is 12.5. The highest BCUT2D eigenvalue weighted by atomic mass is 32.2. The lowest BCUT2D eigenvalue weighted by Crippen LogP contribution is -2.59. The average Bonchev–Trinajstić information content (AvgIpc) is 3.25. The summed E-state index contributed by atoms with van der Waals surface area (Å²) >= 11 is 0. The number of sulfone groups is 1. The van der Waals surface area contributed by atoms with E-state index in [-0.39, 0.29) is 10.7 Å². The van der Waals surface area contributed by atoms with Crippen molar-refractivity contribution in [3.63, 3.8) is 0 Å². The molecule has 3 aromatic rings. The van der Waals surface area contributed by atoms with Crippen LogP contribution >= 0.6 is 0 Å². The fourth-order valence-electron chi connectivity index (χ4n) is 7.64. The maximum Gasteiger partial charge on any atom is 0.175 e. The summed E-state index contributed by atoms with van der Waals surface area (Å²) in [7, 11) is -1.37. The lowest BCUT2D eigenvalue weighted by Gasteiger charge is -2.53. The molecule has 3 atom stereocenters. The summed E-state index contributed by atoms with van der Waals surface area (Å²) in [6, 6.07) is 13.3. The molecule has 1 saturated carbocycles. The molecule has 8 heteroatoms. The molecule has 3 heterocycles. The quantitative estimate of drug-likeness (QED) is 0.358. The molecular weight excluding hydrogens is 523 g/mol. The van der Waals surface area contributed by atoms with Crippen LogP contribution in [0.1, 0.15) is 76.7 Å². The Hall–Kier alpha value is -2.29.